The van der Waals surface area contributed by atoms with Gasteiger partial charge in [-0.3, -0.25) is 5.43 Å². The molecule has 20 heavy (non-hydrogen) atoms. The van der Waals surface area contributed by atoms with Gasteiger partial charge in [-0.1, -0.05) is 11.8 Å². The molecule has 3 heterocycles. The standard InChI is InChI=1S/C10H10N8OS/c11-17-8-14-9(18-6-12-5-13-18)16-10(15-8)20-4-7-2-1-3-19-7/h1-3,5-6H,4,11H2,(H,14,15,16,17). The van der Waals surface area contributed by atoms with Crippen LogP contribution >= 0.6 is 11.8 Å². The second-order valence-electron chi connectivity index (χ2n) is 3.59. The smallest absolute Gasteiger partial charge is 0.257 e. The van der Waals surface area contributed by atoms with Crippen LogP contribution in [-0.2, 0) is 5.75 Å². The molecule has 0 aliphatic heterocycles. The van der Waals surface area contributed by atoms with Gasteiger partial charge >= 0.3 is 0 Å². The maximum atomic E-state index is 5.36. The van der Waals surface area contributed by atoms with Crippen molar-refractivity contribution in [3.05, 3.63) is 36.8 Å². The van der Waals surface area contributed by atoms with Gasteiger partial charge in [-0.2, -0.15) is 24.7 Å². The number of nitrogen functional groups attached to an aromatic ring is 1. The molecule has 3 rings (SSSR count). The fourth-order valence-corrected chi connectivity index (χ4v) is 2.15. The van der Waals surface area contributed by atoms with E-state index in [4.69, 9.17) is 10.3 Å². The average Bonchev–Trinajstić information content (AvgIpc) is 3.17. The van der Waals surface area contributed by atoms with Crippen LogP contribution in [0.2, 0.25) is 0 Å². The van der Waals surface area contributed by atoms with Gasteiger partial charge in [-0.15, -0.1) is 0 Å². The second kappa shape index (κ2) is 5.67. The molecule has 9 nitrogen and oxygen atoms in total. The van der Waals surface area contributed by atoms with Crippen LogP contribution in [0.3, 0.4) is 0 Å². The second-order valence-corrected chi connectivity index (χ2v) is 4.54. The molecule has 0 fully saturated rings. The molecular weight excluding hydrogens is 280 g/mol. The molecule has 102 valence electrons. The van der Waals surface area contributed by atoms with Crippen LogP contribution in [0.25, 0.3) is 5.95 Å². The summed E-state index contributed by atoms with van der Waals surface area (Å²) in [7, 11) is 0. The number of rotatable bonds is 5. The molecular formula is C10H10N8OS. The molecule has 0 saturated heterocycles. The lowest BCUT2D eigenvalue weighted by Crippen LogP contribution is -2.14. The maximum absolute atomic E-state index is 5.36. The van der Waals surface area contributed by atoms with E-state index in [1.54, 1.807) is 6.26 Å². The van der Waals surface area contributed by atoms with Gasteiger partial charge < -0.3 is 4.42 Å². The first-order valence-electron chi connectivity index (χ1n) is 5.58. The zero-order chi connectivity index (χ0) is 13.8. The van der Waals surface area contributed by atoms with E-state index in [2.05, 4.69) is 30.5 Å². The Hall–Kier alpha value is -2.46. The van der Waals surface area contributed by atoms with E-state index in [-0.39, 0.29) is 5.95 Å². The lowest BCUT2D eigenvalue weighted by atomic mass is 10.5. The molecule has 0 aromatic carbocycles. The number of nitrogens with two attached hydrogens (primary N) is 1. The Kier molecular flexibility index (Phi) is 3.56. The quantitative estimate of drug-likeness (QED) is 0.395. The minimum Gasteiger partial charge on any atom is -0.468 e. The molecule has 0 unspecified atom stereocenters. The molecule has 0 saturated carbocycles. The fraction of sp³-hybridized carbons (Fsp3) is 0.100. The summed E-state index contributed by atoms with van der Waals surface area (Å²) in [4.78, 5) is 16.4. The first-order chi connectivity index (χ1) is 9.85. The summed E-state index contributed by atoms with van der Waals surface area (Å²) in [5, 5.41) is 4.48. The van der Waals surface area contributed by atoms with E-state index in [1.165, 1.54) is 29.1 Å². The Balaban J connectivity index is 1.84. The number of hydrazine groups is 1. The third kappa shape index (κ3) is 2.75. The monoisotopic (exact) mass is 290 g/mol. The van der Waals surface area contributed by atoms with Gasteiger partial charge in [0.2, 0.25) is 5.95 Å². The number of aromatic nitrogens is 6. The summed E-state index contributed by atoms with van der Waals surface area (Å²) < 4.78 is 6.68. The molecule has 0 amide bonds. The zero-order valence-electron chi connectivity index (χ0n) is 10.2. The molecule has 3 N–H and O–H groups in total. The summed E-state index contributed by atoms with van der Waals surface area (Å²) in [6.45, 7) is 0. The Morgan fingerprint density at radius 2 is 2.30 bits per heavy atom. The predicted molar refractivity (Wildman–Crippen MR) is 70.8 cm³/mol. The number of thioether (sulfide) groups is 1. The molecule has 3 aromatic rings. The lowest BCUT2D eigenvalue weighted by Gasteiger charge is -2.05. The van der Waals surface area contributed by atoms with E-state index in [9.17, 15) is 0 Å². The van der Waals surface area contributed by atoms with Crippen LogP contribution in [0.1, 0.15) is 5.76 Å². The minimum atomic E-state index is 0.257. The van der Waals surface area contributed by atoms with Crippen LogP contribution in [0.15, 0.2) is 40.6 Å². The fourth-order valence-electron chi connectivity index (χ4n) is 1.42. The number of nitrogens with zero attached hydrogens (tertiary/aromatic N) is 6. The highest BCUT2D eigenvalue weighted by molar-refractivity contribution is 7.98. The van der Waals surface area contributed by atoms with E-state index >= 15 is 0 Å². The Bertz CT molecular complexity index is 669. The van der Waals surface area contributed by atoms with Crippen molar-refractivity contribution in [2.45, 2.75) is 10.9 Å². The van der Waals surface area contributed by atoms with Gasteiger partial charge in [0, 0.05) is 0 Å². The van der Waals surface area contributed by atoms with Crippen molar-refractivity contribution in [2.75, 3.05) is 5.43 Å². The van der Waals surface area contributed by atoms with Gasteiger partial charge in [0.05, 0.1) is 12.0 Å². The van der Waals surface area contributed by atoms with E-state index < -0.39 is 0 Å². The number of hydrogen-bond donors (Lipinski definition) is 2. The normalized spacial score (nSPS) is 10.7. The topological polar surface area (TPSA) is 121 Å². The summed E-state index contributed by atoms with van der Waals surface area (Å²) in [6.07, 6.45) is 4.52. The minimum absolute atomic E-state index is 0.257. The molecule has 0 bridgehead atoms. The zero-order valence-corrected chi connectivity index (χ0v) is 11.0. The van der Waals surface area contributed by atoms with Crippen LogP contribution in [-0.4, -0.2) is 29.7 Å². The number of hydrogen-bond acceptors (Lipinski definition) is 9. The Morgan fingerprint density at radius 1 is 1.35 bits per heavy atom. The van der Waals surface area contributed by atoms with Gasteiger partial charge in [-0.05, 0) is 12.1 Å². The average molecular weight is 290 g/mol. The molecule has 3 aromatic heterocycles. The largest absolute Gasteiger partial charge is 0.468 e. The van der Waals surface area contributed by atoms with Crippen LogP contribution in [0.4, 0.5) is 5.95 Å². The molecule has 0 spiro atoms. The first kappa shape index (κ1) is 12.6. The maximum Gasteiger partial charge on any atom is 0.257 e. The van der Waals surface area contributed by atoms with Gasteiger partial charge in [0.25, 0.3) is 5.95 Å². The van der Waals surface area contributed by atoms with Crippen molar-refractivity contribution in [2.24, 2.45) is 5.84 Å². The van der Waals surface area contributed by atoms with Crippen LogP contribution < -0.4 is 11.3 Å². The van der Waals surface area contributed by atoms with E-state index in [0.29, 0.717) is 16.9 Å². The third-order valence-electron chi connectivity index (χ3n) is 2.28. The van der Waals surface area contributed by atoms with E-state index in [0.717, 1.165) is 5.76 Å². The van der Waals surface area contributed by atoms with Crippen molar-refractivity contribution in [3.8, 4) is 5.95 Å². The van der Waals surface area contributed by atoms with Crippen molar-refractivity contribution < 1.29 is 4.42 Å². The molecule has 10 heteroatoms. The summed E-state index contributed by atoms with van der Waals surface area (Å²) in [6, 6.07) is 3.71. The van der Waals surface area contributed by atoms with Crippen molar-refractivity contribution in [1.29, 1.82) is 0 Å². The molecule has 0 atom stereocenters. The predicted octanol–water partition coefficient (Wildman–Crippen LogP) is 0.623. The lowest BCUT2D eigenvalue weighted by molar-refractivity contribution is 0.530. The molecule has 0 radical (unpaired) electrons. The van der Waals surface area contributed by atoms with Gasteiger partial charge in [0.1, 0.15) is 18.4 Å². The first-order valence-corrected chi connectivity index (χ1v) is 6.56. The van der Waals surface area contributed by atoms with Gasteiger partial charge in [0.15, 0.2) is 5.16 Å². The Morgan fingerprint density at radius 3 is 3.00 bits per heavy atom. The number of nitrogens with one attached hydrogen (secondary N) is 1. The van der Waals surface area contributed by atoms with Crippen LogP contribution in [0, 0.1) is 0 Å². The molecule has 0 aliphatic carbocycles. The highest BCUT2D eigenvalue weighted by Crippen LogP contribution is 2.20. The highest BCUT2D eigenvalue weighted by Gasteiger charge is 2.09. The van der Waals surface area contributed by atoms with Crippen LogP contribution in [0.5, 0.6) is 0 Å². The molecule has 0 aliphatic rings. The van der Waals surface area contributed by atoms with Crippen molar-refractivity contribution >= 4 is 17.7 Å². The summed E-state index contributed by atoms with van der Waals surface area (Å²) in [5.74, 6) is 7.40. The summed E-state index contributed by atoms with van der Waals surface area (Å²) in [5.41, 5.74) is 2.40. The SMILES string of the molecule is NNc1nc(SCc2ccco2)nc(-n2cncn2)n1. The number of furan rings is 1. The van der Waals surface area contributed by atoms with E-state index in [1.807, 2.05) is 12.1 Å². The third-order valence-corrected chi connectivity index (χ3v) is 3.15. The Labute approximate surface area is 117 Å². The van der Waals surface area contributed by atoms with Crippen molar-refractivity contribution in [3.63, 3.8) is 0 Å². The van der Waals surface area contributed by atoms with Gasteiger partial charge in [-0.25, -0.2) is 10.8 Å². The number of anilines is 1. The highest BCUT2D eigenvalue weighted by atomic mass is 32.2. The van der Waals surface area contributed by atoms with Crippen molar-refractivity contribution in [1.82, 2.24) is 29.7 Å². The summed E-state index contributed by atoms with van der Waals surface area (Å²) >= 11 is 1.41.